The Hall–Kier alpha value is -0.530. The van der Waals surface area contributed by atoms with Gasteiger partial charge in [-0.15, -0.1) is 0 Å². The molecule has 0 radical (unpaired) electrons. The van der Waals surface area contributed by atoms with E-state index in [0.717, 1.165) is 19.3 Å². The molecule has 17 heavy (non-hydrogen) atoms. The van der Waals surface area contributed by atoms with Crippen molar-refractivity contribution in [3.8, 4) is 0 Å². The molecule has 0 amide bonds. The molecule has 0 N–H and O–H groups in total. The second kappa shape index (κ2) is 6.42. The lowest BCUT2D eigenvalue weighted by atomic mass is 9.72. The van der Waals surface area contributed by atoms with Crippen LogP contribution in [-0.4, -0.2) is 12.6 Å². The molecule has 0 fully saturated rings. The second-order valence-electron chi connectivity index (χ2n) is 7.20. The van der Waals surface area contributed by atoms with E-state index in [-0.39, 0.29) is 22.7 Å². The molecular weight excluding hydrogens is 212 g/mol. The van der Waals surface area contributed by atoms with Gasteiger partial charge in [-0.1, -0.05) is 54.9 Å². The van der Waals surface area contributed by atoms with Gasteiger partial charge in [0, 0.05) is 0 Å². The molecular formula is C15H30O2. The maximum atomic E-state index is 12.1. The summed E-state index contributed by atoms with van der Waals surface area (Å²) in [4.78, 5) is 12.1. The molecule has 0 heterocycles. The third-order valence-corrected chi connectivity index (χ3v) is 2.89. The van der Waals surface area contributed by atoms with Gasteiger partial charge < -0.3 is 4.74 Å². The highest BCUT2D eigenvalue weighted by atomic mass is 16.5. The van der Waals surface area contributed by atoms with Crippen molar-refractivity contribution in [2.24, 2.45) is 16.7 Å². The first-order chi connectivity index (χ1) is 7.58. The lowest BCUT2D eigenvalue weighted by Crippen LogP contribution is -2.33. The molecule has 0 aliphatic carbocycles. The van der Waals surface area contributed by atoms with Crippen LogP contribution >= 0.6 is 0 Å². The molecule has 0 saturated carbocycles. The van der Waals surface area contributed by atoms with E-state index in [9.17, 15) is 4.79 Å². The zero-order valence-electron chi connectivity index (χ0n) is 12.7. The van der Waals surface area contributed by atoms with Crippen LogP contribution in [0.1, 0.15) is 67.7 Å². The van der Waals surface area contributed by atoms with Crippen molar-refractivity contribution < 1.29 is 9.53 Å². The third-order valence-electron chi connectivity index (χ3n) is 2.89. The van der Waals surface area contributed by atoms with E-state index < -0.39 is 0 Å². The number of carbonyl (C=O) groups excluding carboxylic acids is 1. The number of rotatable bonds is 5. The summed E-state index contributed by atoms with van der Waals surface area (Å²) < 4.78 is 5.38. The summed E-state index contributed by atoms with van der Waals surface area (Å²) in [5, 5.41) is 0. The summed E-state index contributed by atoms with van der Waals surface area (Å²) in [7, 11) is 0. The van der Waals surface area contributed by atoms with E-state index >= 15 is 0 Å². The molecule has 0 aliphatic rings. The van der Waals surface area contributed by atoms with Crippen molar-refractivity contribution in [1.29, 1.82) is 0 Å². The van der Waals surface area contributed by atoms with Crippen LogP contribution in [0.4, 0.5) is 0 Å². The second-order valence-corrected chi connectivity index (χ2v) is 7.20. The first-order valence-electron chi connectivity index (χ1n) is 6.74. The summed E-state index contributed by atoms with van der Waals surface area (Å²) in [6, 6.07) is 0. The Morgan fingerprint density at radius 2 is 1.65 bits per heavy atom. The van der Waals surface area contributed by atoms with Crippen LogP contribution in [0, 0.1) is 16.7 Å². The van der Waals surface area contributed by atoms with Gasteiger partial charge in [-0.2, -0.15) is 0 Å². The number of carbonyl (C=O) groups is 1. The molecule has 0 aliphatic heterocycles. The summed E-state index contributed by atoms with van der Waals surface area (Å²) in [6.07, 6.45) is 2.90. The highest BCUT2D eigenvalue weighted by molar-refractivity contribution is 5.73. The van der Waals surface area contributed by atoms with Gasteiger partial charge in [0.05, 0.1) is 12.5 Å². The van der Waals surface area contributed by atoms with Gasteiger partial charge in [-0.05, 0) is 23.7 Å². The lowest BCUT2D eigenvalue weighted by Gasteiger charge is -2.33. The van der Waals surface area contributed by atoms with Gasteiger partial charge in [0.15, 0.2) is 0 Å². The van der Waals surface area contributed by atoms with Crippen molar-refractivity contribution in [2.45, 2.75) is 67.7 Å². The highest BCUT2D eigenvalue weighted by Crippen LogP contribution is 2.36. The van der Waals surface area contributed by atoms with Crippen LogP contribution < -0.4 is 0 Å². The van der Waals surface area contributed by atoms with E-state index in [1.807, 2.05) is 0 Å². The molecule has 0 spiro atoms. The Balaban J connectivity index is 4.54. The van der Waals surface area contributed by atoms with Gasteiger partial charge in [0.2, 0.25) is 0 Å². The minimum atomic E-state index is -0.0312. The Kier molecular flexibility index (Phi) is 6.22. The average molecular weight is 242 g/mol. The zero-order valence-corrected chi connectivity index (χ0v) is 12.7. The van der Waals surface area contributed by atoms with E-state index in [2.05, 4.69) is 48.5 Å². The minimum Gasteiger partial charge on any atom is -0.465 e. The lowest BCUT2D eigenvalue weighted by molar-refractivity contribution is -0.154. The monoisotopic (exact) mass is 242 g/mol. The first-order valence-corrected chi connectivity index (χ1v) is 6.74. The summed E-state index contributed by atoms with van der Waals surface area (Å²) in [5.41, 5.74) is 0.123. The largest absolute Gasteiger partial charge is 0.465 e. The Labute approximate surface area is 107 Å². The summed E-state index contributed by atoms with van der Waals surface area (Å²) in [5.74, 6) is -0.0415. The fraction of sp³-hybridized carbons (Fsp3) is 0.933. The van der Waals surface area contributed by atoms with Crippen LogP contribution in [0.5, 0.6) is 0 Å². The van der Waals surface area contributed by atoms with Crippen LogP contribution in [0.25, 0.3) is 0 Å². The summed E-state index contributed by atoms with van der Waals surface area (Å²) in [6.45, 7) is 15.5. The molecule has 0 aromatic rings. The fourth-order valence-corrected chi connectivity index (χ4v) is 1.77. The molecule has 0 aromatic carbocycles. The molecule has 1 unspecified atom stereocenters. The predicted octanol–water partition coefficient (Wildman–Crippen LogP) is 4.43. The van der Waals surface area contributed by atoms with E-state index in [1.165, 1.54) is 0 Å². The Morgan fingerprint density at radius 3 is 2.00 bits per heavy atom. The average Bonchev–Trinajstić information content (AvgIpc) is 2.11. The van der Waals surface area contributed by atoms with Crippen LogP contribution in [0.15, 0.2) is 0 Å². The quantitative estimate of drug-likeness (QED) is 0.526. The molecule has 2 nitrogen and oxygen atoms in total. The smallest absolute Gasteiger partial charge is 0.309 e. The van der Waals surface area contributed by atoms with Gasteiger partial charge >= 0.3 is 5.97 Å². The topological polar surface area (TPSA) is 26.3 Å². The molecule has 1 atom stereocenters. The summed E-state index contributed by atoms with van der Waals surface area (Å²) >= 11 is 0. The standard InChI is InChI=1S/C15H30O2/c1-8-9-10-17-13(16)12(15(5,6)7)11-14(2,3)4/h12H,8-11H2,1-7H3. The Bertz CT molecular complexity index is 230. The molecule has 0 saturated heterocycles. The molecule has 0 aromatic heterocycles. The van der Waals surface area contributed by atoms with E-state index in [1.54, 1.807) is 0 Å². The van der Waals surface area contributed by atoms with Crippen molar-refractivity contribution in [3.63, 3.8) is 0 Å². The van der Waals surface area contributed by atoms with E-state index in [0.29, 0.717) is 6.61 Å². The molecule has 0 bridgehead atoms. The van der Waals surface area contributed by atoms with Gasteiger partial charge in [0.1, 0.15) is 0 Å². The van der Waals surface area contributed by atoms with Crippen LogP contribution in [-0.2, 0) is 9.53 Å². The van der Waals surface area contributed by atoms with Gasteiger partial charge in [-0.25, -0.2) is 0 Å². The SMILES string of the molecule is CCCCOC(=O)C(CC(C)(C)C)C(C)(C)C. The van der Waals surface area contributed by atoms with Crippen molar-refractivity contribution in [3.05, 3.63) is 0 Å². The van der Waals surface area contributed by atoms with Crippen molar-refractivity contribution in [2.75, 3.05) is 6.61 Å². The highest BCUT2D eigenvalue weighted by Gasteiger charge is 2.35. The molecule has 0 rings (SSSR count). The molecule has 102 valence electrons. The van der Waals surface area contributed by atoms with Crippen molar-refractivity contribution >= 4 is 5.97 Å². The number of ether oxygens (including phenoxy) is 1. The number of hydrogen-bond acceptors (Lipinski definition) is 2. The maximum Gasteiger partial charge on any atom is 0.309 e. The fourth-order valence-electron chi connectivity index (χ4n) is 1.77. The van der Waals surface area contributed by atoms with Gasteiger partial charge in [-0.3, -0.25) is 4.79 Å². The number of hydrogen-bond donors (Lipinski definition) is 0. The minimum absolute atomic E-state index is 0.0145. The normalized spacial score (nSPS) is 14.5. The van der Waals surface area contributed by atoms with Crippen LogP contribution in [0.2, 0.25) is 0 Å². The Morgan fingerprint density at radius 1 is 1.12 bits per heavy atom. The zero-order chi connectivity index (χ0) is 13.7. The number of esters is 1. The van der Waals surface area contributed by atoms with Crippen LogP contribution in [0.3, 0.4) is 0 Å². The van der Waals surface area contributed by atoms with E-state index in [4.69, 9.17) is 4.74 Å². The molecule has 2 heteroatoms. The van der Waals surface area contributed by atoms with Gasteiger partial charge in [0.25, 0.3) is 0 Å². The first kappa shape index (κ1) is 16.5. The van der Waals surface area contributed by atoms with Crippen molar-refractivity contribution in [1.82, 2.24) is 0 Å². The number of unbranched alkanes of at least 4 members (excludes halogenated alkanes) is 1. The maximum absolute atomic E-state index is 12.1. The third kappa shape index (κ3) is 7.40. The predicted molar refractivity (Wildman–Crippen MR) is 72.9 cm³/mol.